The molecule has 2 saturated heterocycles. The van der Waals surface area contributed by atoms with Gasteiger partial charge in [0.15, 0.2) is 5.13 Å². The molecule has 21 heavy (non-hydrogen) atoms. The highest BCUT2D eigenvalue weighted by atomic mass is 32.1. The molecule has 0 aromatic carbocycles. The first-order valence-electron chi connectivity index (χ1n) is 7.82. The number of fused-ring (bicyclic) bond motifs is 2. The summed E-state index contributed by atoms with van der Waals surface area (Å²) in [6, 6.07) is 1.62. The Bertz CT molecular complexity index is 504. The van der Waals surface area contributed by atoms with E-state index >= 15 is 0 Å². The molecule has 3 heterocycles. The quantitative estimate of drug-likeness (QED) is 0.924. The molecule has 0 spiro atoms. The molecule has 1 amide bonds. The third-order valence-corrected chi connectivity index (χ3v) is 5.64. The second-order valence-electron chi connectivity index (χ2n) is 6.17. The second-order valence-corrected chi connectivity index (χ2v) is 7.01. The Morgan fingerprint density at radius 2 is 2.14 bits per heavy atom. The van der Waals surface area contributed by atoms with Gasteiger partial charge in [-0.1, -0.05) is 0 Å². The van der Waals surface area contributed by atoms with Crippen LogP contribution in [0.1, 0.15) is 45.2 Å². The fourth-order valence-corrected chi connectivity index (χ4v) is 4.67. The summed E-state index contributed by atoms with van der Waals surface area (Å²) in [5.41, 5.74) is 7.21. The van der Waals surface area contributed by atoms with E-state index in [0.717, 1.165) is 30.2 Å². The average Bonchev–Trinajstić information content (AvgIpc) is 2.95. The van der Waals surface area contributed by atoms with Gasteiger partial charge in [-0.2, -0.15) is 0 Å². The van der Waals surface area contributed by atoms with Crippen molar-refractivity contribution in [2.45, 2.75) is 64.2 Å². The minimum Gasteiger partial charge on any atom is -0.328 e. The van der Waals surface area contributed by atoms with E-state index in [1.165, 1.54) is 12.8 Å². The van der Waals surface area contributed by atoms with Crippen LogP contribution in [0.4, 0.5) is 5.13 Å². The summed E-state index contributed by atoms with van der Waals surface area (Å²) < 4.78 is 0. The van der Waals surface area contributed by atoms with E-state index in [9.17, 15) is 4.79 Å². The lowest BCUT2D eigenvalue weighted by atomic mass is 9.98. The number of nitrogens with two attached hydrogens (primary N) is 1. The molecule has 1 aromatic heterocycles. The van der Waals surface area contributed by atoms with Crippen LogP contribution in [0.5, 0.6) is 0 Å². The summed E-state index contributed by atoms with van der Waals surface area (Å²) >= 11 is 1.57. The van der Waals surface area contributed by atoms with E-state index in [1.807, 2.05) is 6.92 Å². The molecule has 2 bridgehead atoms. The zero-order chi connectivity index (χ0) is 15.0. The Hall–Kier alpha value is -0.980. The number of carbonyl (C=O) groups is 1. The van der Waals surface area contributed by atoms with Crippen molar-refractivity contribution < 1.29 is 4.79 Å². The van der Waals surface area contributed by atoms with Crippen LogP contribution in [0.2, 0.25) is 0 Å². The van der Waals surface area contributed by atoms with E-state index in [2.05, 4.69) is 15.3 Å². The number of piperidine rings is 1. The van der Waals surface area contributed by atoms with Gasteiger partial charge < -0.3 is 5.73 Å². The van der Waals surface area contributed by atoms with Crippen molar-refractivity contribution >= 4 is 22.4 Å². The predicted octanol–water partition coefficient (Wildman–Crippen LogP) is 1.97. The Labute approximate surface area is 130 Å². The van der Waals surface area contributed by atoms with Gasteiger partial charge in [-0.3, -0.25) is 14.6 Å². The van der Waals surface area contributed by atoms with Crippen LogP contribution in [-0.4, -0.2) is 40.5 Å². The largest absolute Gasteiger partial charge is 0.328 e. The van der Waals surface area contributed by atoms with Crippen LogP contribution < -0.4 is 10.6 Å². The first-order valence-corrected chi connectivity index (χ1v) is 8.70. The van der Waals surface area contributed by atoms with Crippen molar-refractivity contribution in [3.05, 3.63) is 11.1 Å². The molecule has 2 N–H and O–H groups in total. The standard InChI is InChI=1S/C15H24N4OS/c1-3-18(10(2)20)15-17-12(9-21-15)8-19-13-4-5-14(19)7-11(16)6-13/h9,11,13-14H,3-8,16H2,1-2H3. The summed E-state index contributed by atoms with van der Waals surface area (Å²) in [4.78, 5) is 20.6. The maximum absolute atomic E-state index is 11.6. The number of rotatable bonds is 4. The number of hydrogen-bond acceptors (Lipinski definition) is 5. The normalized spacial score (nSPS) is 28.8. The predicted molar refractivity (Wildman–Crippen MR) is 85.4 cm³/mol. The SMILES string of the molecule is CCN(C(C)=O)c1nc(CN2C3CCC2CC(N)C3)cs1. The van der Waals surface area contributed by atoms with Gasteiger partial charge in [0, 0.05) is 43.5 Å². The van der Waals surface area contributed by atoms with Crippen LogP contribution in [-0.2, 0) is 11.3 Å². The monoisotopic (exact) mass is 308 g/mol. The molecule has 0 saturated carbocycles. The zero-order valence-corrected chi connectivity index (χ0v) is 13.6. The minimum atomic E-state index is 0.0578. The van der Waals surface area contributed by atoms with Crippen molar-refractivity contribution in [3.63, 3.8) is 0 Å². The smallest absolute Gasteiger partial charge is 0.225 e. The maximum Gasteiger partial charge on any atom is 0.225 e. The molecule has 0 radical (unpaired) electrons. The van der Waals surface area contributed by atoms with Crippen LogP contribution in [0.3, 0.4) is 0 Å². The molecule has 116 valence electrons. The van der Waals surface area contributed by atoms with E-state index in [0.29, 0.717) is 24.7 Å². The zero-order valence-electron chi connectivity index (χ0n) is 12.8. The Morgan fingerprint density at radius 1 is 1.48 bits per heavy atom. The summed E-state index contributed by atoms with van der Waals surface area (Å²) in [7, 11) is 0. The lowest BCUT2D eigenvalue weighted by Crippen LogP contribution is -2.46. The van der Waals surface area contributed by atoms with Gasteiger partial charge in [-0.05, 0) is 32.6 Å². The number of anilines is 1. The highest BCUT2D eigenvalue weighted by molar-refractivity contribution is 7.14. The van der Waals surface area contributed by atoms with E-state index in [-0.39, 0.29) is 5.91 Å². The molecule has 1 aromatic rings. The molecule has 6 heteroatoms. The van der Waals surface area contributed by atoms with Crippen LogP contribution >= 0.6 is 11.3 Å². The lowest BCUT2D eigenvalue weighted by Gasteiger charge is -2.37. The van der Waals surface area contributed by atoms with Crippen LogP contribution in [0.25, 0.3) is 0 Å². The highest BCUT2D eigenvalue weighted by Gasteiger charge is 2.39. The van der Waals surface area contributed by atoms with Gasteiger partial charge in [0.05, 0.1) is 5.69 Å². The molecule has 5 nitrogen and oxygen atoms in total. The topological polar surface area (TPSA) is 62.5 Å². The van der Waals surface area contributed by atoms with Gasteiger partial charge >= 0.3 is 0 Å². The molecule has 3 rings (SSSR count). The number of nitrogens with zero attached hydrogens (tertiary/aromatic N) is 3. The second kappa shape index (κ2) is 6.02. The van der Waals surface area contributed by atoms with Gasteiger partial charge in [-0.15, -0.1) is 11.3 Å². The number of aromatic nitrogens is 1. The van der Waals surface area contributed by atoms with Gasteiger partial charge in [0.25, 0.3) is 0 Å². The van der Waals surface area contributed by atoms with Gasteiger partial charge in [0.2, 0.25) is 5.91 Å². The maximum atomic E-state index is 11.6. The molecule has 2 fully saturated rings. The van der Waals surface area contributed by atoms with Crippen molar-refractivity contribution in [1.29, 1.82) is 0 Å². The average molecular weight is 308 g/mol. The van der Waals surface area contributed by atoms with Crippen LogP contribution in [0.15, 0.2) is 5.38 Å². The highest BCUT2D eigenvalue weighted by Crippen LogP contribution is 2.36. The van der Waals surface area contributed by atoms with Crippen molar-refractivity contribution in [2.24, 2.45) is 5.73 Å². The first kappa shape index (κ1) is 14.9. The van der Waals surface area contributed by atoms with E-state index in [4.69, 9.17) is 5.73 Å². The van der Waals surface area contributed by atoms with Crippen molar-refractivity contribution in [3.8, 4) is 0 Å². The summed E-state index contributed by atoms with van der Waals surface area (Å²) in [5.74, 6) is 0.0578. The summed E-state index contributed by atoms with van der Waals surface area (Å²) in [5, 5.41) is 2.91. The van der Waals surface area contributed by atoms with Gasteiger partial charge in [0.1, 0.15) is 0 Å². The van der Waals surface area contributed by atoms with Crippen LogP contribution in [0, 0.1) is 0 Å². The van der Waals surface area contributed by atoms with Crippen molar-refractivity contribution in [2.75, 3.05) is 11.4 Å². The number of carbonyl (C=O) groups excluding carboxylic acids is 1. The molecule has 2 aliphatic rings. The van der Waals surface area contributed by atoms with E-state index in [1.54, 1.807) is 23.2 Å². The third-order valence-electron chi connectivity index (χ3n) is 4.73. The third kappa shape index (κ3) is 2.98. The molecular formula is C15H24N4OS. The number of hydrogen-bond donors (Lipinski definition) is 1. The summed E-state index contributed by atoms with van der Waals surface area (Å²) in [6.45, 7) is 5.14. The number of amides is 1. The fraction of sp³-hybridized carbons (Fsp3) is 0.733. The minimum absolute atomic E-state index is 0.0578. The Kier molecular flexibility index (Phi) is 4.28. The molecule has 2 aliphatic heterocycles. The summed E-state index contributed by atoms with van der Waals surface area (Å²) in [6.07, 6.45) is 4.76. The molecule has 2 atom stereocenters. The Balaban J connectivity index is 1.69. The number of thiazole rings is 1. The molecule has 2 unspecified atom stereocenters. The lowest BCUT2D eigenvalue weighted by molar-refractivity contribution is -0.116. The molecule has 0 aliphatic carbocycles. The van der Waals surface area contributed by atoms with Gasteiger partial charge in [-0.25, -0.2) is 4.98 Å². The van der Waals surface area contributed by atoms with E-state index < -0.39 is 0 Å². The first-order chi connectivity index (χ1) is 10.1. The molecular weight excluding hydrogens is 284 g/mol. The Morgan fingerprint density at radius 3 is 2.71 bits per heavy atom. The fourth-order valence-electron chi connectivity index (χ4n) is 3.75. The van der Waals surface area contributed by atoms with Crippen molar-refractivity contribution in [1.82, 2.24) is 9.88 Å².